The predicted octanol–water partition coefficient (Wildman–Crippen LogP) is 3.58. The average Bonchev–Trinajstić information content (AvgIpc) is 3.17. The van der Waals surface area contributed by atoms with E-state index in [9.17, 15) is 9.59 Å². The van der Waals surface area contributed by atoms with Crippen molar-refractivity contribution >= 4 is 27.5 Å². The van der Waals surface area contributed by atoms with Crippen LogP contribution in [-0.4, -0.2) is 27.8 Å². The van der Waals surface area contributed by atoms with Gasteiger partial charge in [-0.15, -0.1) is 11.3 Å². The normalized spacial score (nSPS) is 10.9. The molecular formula is C22H19N3O4S. The van der Waals surface area contributed by atoms with Gasteiger partial charge in [0.15, 0.2) is 5.52 Å². The van der Waals surface area contributed by atoms with Gasteiger partial charge in [0.2, 0.25) is 0 Å². The third-order valence-electron chi connectivity index (χ3n) is 4.47. The standard InChI is InChI=1S/C22H19N3O4S/c1-14-23-20-21(30-14)19(16-9-6-10-17(11-16)28-2)24-25(22(20)27)12-18(26)29-13-15-7-4-3-5-8-15/h3-11H,12-13H2,1-2H3. The van der Waals surface area contributed by atoms with Crippen LogP contribution < -0.4 is 10.3 Å². The van der Waals surface area contributed by atoms with Crippen molar-refractivity contribution in [2.45, 2.75) is 20.1 Å². The van der Waals surface area contributed by atoms with Crippen molar-refractivity contribution < 1.29 is 14.3 Å². The highest BCUT2D eigenvalue weighted by Gasteiger charge is 2.18. The lowest BCUT2D eigenvalue weighted by atomic mass is 10.1. The highest BCUT2D eigenvalue weighted by atomic mass is 32.1. The van der Waals surface area contributed by atoms with Crippen molar-refractivity contribution in [1.29, 1.82) is 0 Å². The average molecular weight is 421 g/mol. The summed E-state index contributed by atoms with van der Waals surface area (Å²) in [7, 11) is 1.59. The Hall–Kier alpha value is -3.52. The van der Waals surface area contributed by atoms with E-state index in [0.29, 0.717) is 21.7 Å². The predicted molar refractivity (Wildman–Crippen MR) is 115 cm³/mol. The van der Waals surface area contributed by atoms with Gasteiger partial charge in [-0.1, -0.05) is 42.5 Å². The number of rotatable bonds is 6. The quantitative estimate of drug-likeness (QED) is 0.443. The number of carbonyl (C=O) groups excluding carboxylic acids is 1. The number of hydrogen-bond acceptors (Lipinski definition) is 7. The lowest BCUT2D eigenvalue weighted by Crippen LogP contribution is -2.28. The van der Waals surface area contributed by atoms with Gasteiger partial charge in [-0.25, -0.2) is 9.67 Å². The Bertz CT molecular complexity index is 1260. The minimum absolute atomic E-state index is 0.134. The second-order valence-corrected chi connectivity index (χ2v) is 7.80. The molecule has 0 aliphatic rings. The molecule has 0 amide bonds. The highest BCUT2D eigenvalue weighted by molar-refractivity contribution is 7.19. The van der Waals surface area contributed by atoms with E-state index < -0.39 is 11.5 Å². The van der Waals surface area contributed by atoms with Crippen LogP contribution in [0.5, 0.6) is 5.75 Å². The number of aromatic nitrogens is 3. The van der Waals surface area contributed by atoms with E-state index in [0.717, 1.165) is 20.8 Å². The maximum Gasteiger partial charge on any atom is 0.328 e. The first kappa shape index (κ1) is 19.8. The second-order valence-electron chi connectivity index (χ2n) is 6.60. The van der Waals surface area contributed by atoms with Gasteiger partial charge < -0.3 is 9.47 Å². The Morgan fingerprint density at radius 2 is 1.93 bits per heavy atom. The summed E-state index contributed by atoms with van der Waals surface area (Å²) in [4.78, 5) is 29.6. The molecule has 0 saturated carbocycles. The fourth-order valence-electron chi connectivity index (χ4n) is 3.04. The number of carbonyl (C=O) groups is 1. The van der Waals surface area contributed by atoms with E-state index in [2.05, 4.69) is 10.1 Å². The van der Waals surface area contributed by atoms with Crippen LogP contribution >= 0.6 is 11.3 Å². The van der Waals surface area contributed by atoms with Crippen LogP contribution in [0.25, 0.3) is 21.5 Å². The van der Waals surface area contributed by atoms with E-state index in [4.69, 9.17) is 9.47 Å². The molecular weight excluding hydrogens is 402 g/mol. The van der Waals surface area contributed by atoms with Crippen LogP contribution in [0.2, 0.25) is 0 Å². The maximum absolute atomic E-state index is 12.9. The van der Waals surface area contributed by atoms with Gasteiger partial charge in [-0.3, -0.25) is 9.59 Å². The SMILES string of the molecule is COc1cccc(-c2nn(CC(=O)OCc3ccccc3)c(=O)c3nc(C)sc23)c1. The van der Waals surface area contributed by atoms with E-state index in [1.807, 2.05) is 61.5 Å². The number of methoxy groups -OCH3 is 1. The Balaban J connectivity index is 1.68. The lowest BCUT2D eigenvalue weighted by molar-refractivity contribution is -0.146. The molecule has 0 N–H and O–H groups in total. The molecule has 0 spiro atoms. The summed E-state index contributed by atoms with van der Waals surface area (Å²) >= 11 is 1.39. The van der Waals surface area contributed by atoms with Crippen LogP contribution in [-0.2, 0) is 22.7 Å². The molecule has 0 saturated heterocycles. The molecule has 8 heteroatoms. The van der Waals surface area contributed by atoms with Gasteiger partial charge in [0.25, 0.3) is 5.56 Å². The fourth-order valence-corrected chi connectivity index (χ4v) is 3.96. The zero-order valence-electron chi connectivity index (χ0n) is 16.5. The van der Waals surface area contributed by atoms with Crippen LogP contribution in [0.4, 0.5) is 0 Å². The number of fused-ring (bicyclic) bond motifs is 1. The first-order chi connectivity index (χ1) is 14.5. The van der Waals surface area contributed by atoms with Crippen molar-refractivity contribution in [1.82, 2.24) is 14.8 Å². The van der Waals surface area contributed by atoms with E-state index in [1.54, 1.807) is 7.11 Å². The van der Waals surface area contributed by atoms with Crippen molar-refractivity contribution in [2.24, 2.45) is 0 Å². The number of aryl methyl sites for hydroxylation is 1. The largest absolute Gasteiger partial charge is 0.497 e. The number of benzene rings is 2. The van der Waals surface area contributed by atoms with Gasteiger partial charge in [-0.05, 0) is 24.6 Å². The van der Waals surface area contributed by atoms with Crippen LogP contribution in [0.15, 0.2) is 59.4 Å². The van der Waals surface area contributed by atoms with Gasteiger partial charge in [0.05, 0.1) is 16.8 Å². The maximum atomic E-state index is 12.9. The molecule has 2 heterocycles. The minimum atomic E-state index is -0.545. The third-order valence-corrected chi connectivity index (χ3v) is 5.45. The van der Waals surface area contributed by atoms with Crippen molar-refractivity contribution in [3.63, 3.8) is 0 Å². The van der Waals surface area contributed by atoms with Crippen molar-refractivity contribution in [3.8, 4) is 17.0 Å². The Kier molecular flexibility index (Phi) is 5.58. The number of hydrogen-bond donors (Lipinski definition) is 0. The zero-order chi connectivity index (χ0) is 21.1. The first-order valence-electron chi connectivity index (χ1n) is 9.27. The van der Waals surface area contributed by atoms with Gasteiger partial charge in [-0.2, -0.15) is 5.10 Å². The summed E-state index contributed by atoms with van der Waals surface area (Å²) in [6.45, 7) is 1.67. The first-order valence-corrected chi connectivity index (χ1v) is 10.1. The molecule has 0 aliphatic carbocycles. The monoisotopic (exact) mass is 421 g/mol. The summed E-state index contributed by atoms with van der Waals surface area (Å²) in [5.41, 5.74) is 2.09. The van der Waals surface area contributed by atoms with Crippen LogP contribution in [0, 0.1) is 6.92 Å². The van der Waals surface area contributed by atoms with Crippen LogP contribution in [0.1, 0.15) is 10.6 Å². The molecule has 0 atom stereocenters. The minimum Gasteiger partial charge on any atom is -0.497 e. The molecule has 152 valence electrons. The number of esters is 1. The topological polar surface area (TPSA) is 83.3 Å². The Morgan fingerprint density at radius 1 is 1.13 bits per heavy atom. The molecule has 0 aliphatic heterocycles. The van der Waals surface area contributed by atoms with Gasteiger partial charge in [0.1, 0.15) is 24.6 Å². The lowest BCUT2D eigenvalue weighted by Gasteiger charge is -2.10. The van der Waals surface area contributed by atoms with E-state index in [-0.39, 0.29) is 13.2 Å². The second kappa shape index (κ2) is 8.46. The molecule has 2 aromatic heterocycles. The number of thiazole rings is 1. The highest BCUT2D eigenvalue weighted by Crippen LogP contribution is 2.31. The van der Waals surface area contributed by atoms with Crippen LogP contribution in [0.3, 0.4) is 0 Å². The third kappa shape index (κ3) is 4.08. The number of ether oxygens (including phenoxy) is 2. The molecule has 7 nitrogen and oxygen atoms in total. The number of nitrogens with zero attached hydrogens (tertiary/aromatic N) is 3. The van der Waals surface area contributed by atoms with Crippen molar-refractivity contribution in [3.05, 3.63) is 75.5 Å². The van der Waals surface area contributed by atoms with Crippen molar-refractivity contribution in [2.75, 3.05) is 7.11 Å². The van der Waals surface area contributed by atoms with E-state index >= 15 is 0 Å². The van der Waals surface area contributed by atoms with Gasteiger partial charge >= 0.3 is 5.97 Å². The zero-order valence-corrected chi connectivity index (χ0v) is 17.3. The molecule has 0 fully saturated rings. The summed E-state index contributed by atoms with van der Waals surface area (Å²) in [6.07, 6.45) is 0. The van der Waals surface area contributed by atoms with E-state index in [1.165, 1.54) is 11.3 Å². The fraction of sp³-hybridized carbons (Fsp3) is 0.182. The summed E-state index contributed by atoms with van der Waals surface area (Å²) in [6, 6.07) is 16.7. The Morgan fingerprint density at radius 3 is 2.70 bits per heavy atom. The molecule has 0 bridgehead atoms. The smallest absolute Gasteiger partial charge is 0.328 e. The molecule has 2 aromatic carbocycles. The summed E-state index contributed by atoms with van der Waals surface area (Å²) in [5.74, 6) is 0.125. The van der Waals surface area contributed by atoms with Gasteiger partial charge in [0, 0.05) is 5.56 Å². The molecule has 30 heavy (non-hydrogen) atoms. The molecule has 0 radical (unpaired) electrons. The molecule has 4 aromatic rings. The summed E-state index contributed by atoms with van der Waals surface area (Å²) in [5, 5.41) is 5.22. The Labute approximate surface area is 176 Å². The summed E-state index contributed by atoms with van der Waals surface area (Å²) < 4.78 is 12.4. The molecule has 4 rings (SSSR count). The molecule has 0 unspecified atom stereocenters.